The number of carboxylic acid groups (broad SMARTS) is 1. The zero-order valence-corrected chi connectivity index (χ0v) is 9.01. The summed E-state index contributed by atoms with van der Waals surface area (Å²) in [5.74, 6) is -1.14. The first-order valence-electron chi connectivity index (χ1n) is 4.98. The minimum atomic E-state index is -1.04. The van der Waals surface area contributed by atoms with Crippen LogP contribution in [-0.2, 0) is 22.6 Å². The molecular formula is C11H12O6. The molecule has 0 radical (unpaired) electrons. The Morgan fingerprint density at radius 1 is 1.35 bits per heavy atom. The number of rotatable bonds is 7. The number of ketones is 1. The molecule has 0 saturated carbocycles. The van der Waals surface area contributed by atoms with Crippen LogP contribution in [0.4, 0.5) is 0 Å². The van der Waals surface area contributed by atoms with E-state index in [-0.39, 0.29) is 43.2 Å². The summed E-state index contributed by atoms with van der Waals surface area (Å²) in [5, 5.41) is 17.2. The molecule has 0 bridgehead atoms. The lowest BCUT2D eigenvalue weighted by Gasteiger charge is -1.96. The number of carboxylic acids is 1. The normalized spacial score (nSPS) is 10.2. The van der Waals surface area contributed by atoms with E-state index in [0.29, 0.717) is 11.8 Å². The van der Waals surface area contributed by atoms with Crippen molar-refractivity contribution in [1.29, 1.82) is 0 Å². The van der Waals surface area contributed by atoms with Crippen LogP contribution in [0, 0.1) is 0 Å². The highest BCUT2D eigenvalue weighted by Crippen LogP contribution is 2.15. The van der Waals surface area contributed by atoms with Crippen molar-refractivity contribution in [2.75, 3.05) is 0 Å². The molecule has 1 rings (SSSR count). The molecule has 0 aliphatic rings. The largest absolute Gasteiger partial charge is 0.481 e. The Morgan fingerprint density at radius 3 is 2.59 bits per heavy atom. The smallest absolute Gasteiger partial charge is 0.303 e. The van der Waals surface area contributed by atoms with Crippen LogP contribution < -0.4 is 0 Å². The summed E-state index contributed by atoms with van der Waals surface area (Å²) < 4.78 is 4.95. The SMILES string of the molecule is O=Cc1oc(CO)cc1CC(=O)CCC(=O)O. The van der Waals surface area contributed by atoms with Gasteiger partial charge in [0.2, 0.25) is 0 Å². The molecule has 0 fully saturated rings. The van der Waals surface area contributed by atoms with E-state index in [1.54, 1.807) is 0 Å². The molecule has 0 aliphatic carbocycles. The van der Waals surface area contributed by atoms with Gasteiger partial charge in [-0.15, -0.1) is 0 Å². The second kappa shape index (κ2) is 5.95. The van der Waals surface area contributed by atoms with E-state index in [1.165, 1.54) is 6.07 Å². The fraction of sp³-hybridized carbons (Fsp3) is 0.364. The lowest BCUT2D eigenvalue weighted by molar-refractivity contribution is -0.138. The third-order valence-electron chi connectivity index (χ3n) is 2.16. The molecular weight excluding hydrogens is 228 g/mol. The molecule has 0 amide bonds. The number of aldehydes is 1. The van der Waals surface area contributed by atoms with Crippen molar-refractivity contribution in [3.8, 4) is 0 Å². The topological polar surface area (TPSA) is 105 Å². The summed E-state index contributed by atoms with van der Waals surface area (Å²) >= 11 is 0. The standard InChI is InChI=1S/C11H12O6/c12-5-9-4-7(10(6-13)17-9)3-8(14)1-2-11(15)16/h4,6,12H,1-3,5H2,(H,15,16). The minimum absolute atomic E-state index is 0.00211. The fourth-order valence-electron chi connectivity index (χ4n) is 1.36. The number of aliphatic hydroxyl groups is 1. The Kier molecular flexibility index (Phi) is 4.59. The summed E-state index contributed by atoms with van der Waals surface area (Å²) in [6.07, 6.45) is 0.0665. The maximum Gasteiger partial charge on any atom is 0.303 e. The number of carbonyl (C=O) groups is 3. The molecule has 1 heterocycles. The third kappa shape index (κ3) is 3.84. The molecule has 2 N–H and O–H groups in total. The molecule has 6 heteroatoms. The molecule has 1 aromatic rings. The lowest BCUT2D eigenvalue weighted by atomic mass is 10.1. The number of hydrogen-bond acceptors (Lipinski definition) is 5. The van der Waals surface area contributed by atoms with Gasteiger partial charge in [-0.2, -0.15) is 0 Å². The Balaban J connectivity index is 2.66. The highest BCUT2D eigenvalue weighted by atomic mass is 16.4. The second-order valence-corrected chi connectivity index (χ2v) is 3.49. The summed E-state index contributed by atoms with van der Waals surface area (Å²) in [7, 11) is 0. The van der Waals surface area contributed by atoms with Crippen molar-refractivity contribution in [3.63, 3.8) is 0 Å². The van der Waals surface area contributed by atoms with E-state index >= 15 is 0 Å². The van der Waals surface area contributed by atoms with E-state index in [1.807, 2.05) is 0 Å². The van der Waals surface area contributed by atoms with E-state index in [2.05, 4.69) is 0 Å². The van der Waals surface area contributed by atoms with Gasteiger partial charge in [0.05, 0.1) is 6.42 Å². The fourth-order valence-corrected chi connectivity index (χ4v) is 1.36. The van der Waals surface area contributed by atoms with Crippen LogP contribution in [0.1, 0.15) is 34.7 Å². The van der Waals surface area contributed by atoms with Crippen molar-refractivity contribution in [1.82, 2.24) is 0 Å². The zero-order valence-electron chi connectivity index (χ0n) is 9.01. The maximum absolute atomic E-state index is 11.4. The molecule has 0 aromatic carbocycles. The van der Waals surface area contributed by atoms with Gasteiger partial charge in [-0.25, -0.2) is 0 Å². The minimum Gasteiger partial charge on any atom is -0.481 e. The van der Waals surface area contributed by atoms with Crippen molar-refractivity contribution in [2.24, 2.45) is 0 Å². The van der Waals surface area contributed by atoms with Gasteiger partial charge in [-0.1, -0.05) is 0 Å². The van der Waals surface area contributed by atoms with Crippen molar-refractivity contribution < 1.29 is 29.0 Å². The van der Waals surface area contributed by atoms with Gasteiger partial charge in [0, 0.05) is 18.4 Å². The molecule has 1 aromatic heterocycles. The molecule has 0 unspecified atom stereocenters. The molecule has 17 heavy (non-hydrogen) atoms. The summed E-state index contributed by atoms with van der Waals surface area (Å²) in [5.41, 5.74) is 0.374. The van der Waals surface area contributed by atoms with Gasteiger partial charge in [0.15, 0.2) is 12.0 Å². The first kappa shape index (κ1) is 13.1. The van der Waals surface area contributed by atoms with Gasteiger partial charge in [0.1, 0.15) is 18.2 Å². The number of carbonyl (C=O) groups excluding carboxylic acids is 2. The van der Waals surface area contributed by atoms with Gasteiger partial charge in [-0.05, 0) is 6.07 Å². The number of furan rings is 1. The molecule has 92 valence electrons. The van der Waals surface area contributed by atoms with Crippen LogP contribution in [0.2, 0.25) is 0 Å². The number of aliphatic hydroxyl groups excluding tert-OH is 1. The molecule has 0 spiro atoms. The maximum atomic E-state index is 11.4. The third-order valence-corrected chi connectivity index (χ3v) is 2.16. The Morgan fingerprint density at radius 2 is 2.06 bits per heavy atom. The van der Waals surface area contributed by atoms with Crippen molar-refractivity contribution in [3.05, 3.63) is 23.2 Å². The molecule has 0 saturated heterocycles. The highest BCUT2D eigenvalue weighted by molar-refractivity contribution is 5.86. The number of Topliss-reactive ketones (excluding diaryl/α,β-unsaturated/α-hetero) is 1. The Labute approximate surface area is 96.9 Å². The quantitative estimate of drug-likeness (QED) is 0.675. The van der Waals surface area contributed by atoms with Gasteiger partial charge >= 0.3 is 5.97 Å². The monoisotopic (exact) mass is 240 g/mol. The molecule has 0 atom stereocenters. The first-order chi connectivity index (χ1) is 8.06. The van der Waals surface area contributed by atoms with Gasteiger partial charge < -0.3 is 14.6 Å². The summed E-state index contributed by atoms with van der Waals surface area (Å²) in [4.78, 5) is 32.3. The van der Waals surface area contributed by atoms with Crippen LogP contribution in [0.15, 0.2) is 10.5 Å². The summed E-state index contributed by atoms with van der Waals surface area (Å²) in [6, 6.07) is 1.42. The Bertz CT molecular complexity index is 431. The van der Waals surface area contributed by atoms with Crippen LogP contribution in [0.25, 0.3) is 0 Å². The van der Waals surface area contributed by atoms with E-state index < -0.39 is 5.97 Å². The predicted octanol–water partition coefficient (Wildman–Crippen LogP) is 0.561. The predicted molar refractivity (Wildman–Crippen MR) is 55.6 cm³/mol. The average Bonchev–Trinajstić information content (AvgIpc) is 2.68. The van der Waals surface area contributed by atoms with Crippen LogP contribution in [0.3, 0.4) is 0 Å². The lowest BCUT2D eigenvalue weighted by Crippen LogP contribution is -2.06. The van der Waals surface area contributed by atoms with Gasteiger partial charge in [-0.3, -0.25) is 14.4 Å². The molecule has 6 nitrogen and oxygen atoms in total. The zero-order chi connectivity index (χ0) is 12.8. The Hall–Kier alpha value is -1.95. The molecule has 0 aliphatic heterocycles. The average molecular weight is 240 g/mol. The van der Waals surface area contributed by atoms with Crippen molar-refractivity contribution in [2.45, 2.75) is 25.9 Å². The van der Waals surface area contributed by atoms with Crippen LogP contribution in [0.5, 0.6) is 0 Å². The van der Waals surface area contributed by atoms with Gasteiger partial charge in [0.25, 0.3) is 0 Å². The number of aliphatic carboxylic acids is 1. The van der Waals surface area contributed by atoms with E-state index in [9.17, 15) is 14.4 Å². The second-order valence-electron chi connectivity index (χ2n) is 3.49. The van der Waals surface area contributed by atoms with E-state index in [0.717, 1.165) is 0 Å². The van der Waals surface area contributed by atoms with E-state index in [4.69, 9.17) is 14.6 Å². The summed E-state index contributed by atoms with van der Waals surface area (Å²) in [6.45, 7) is -0.357. The van der Waals surface area contributed by atoms with Crippen molar-refractivity contribution >= 4 is 18.0 Å². The first-order valence-corrected chi connectivity index (χ1v) is 4.98. The highest BCUT2D eigenvalue weighted by Gasteiger charge is 2.14. The van der Waals surface area contributed by atoms with Crippen LogP contribution in [-0.4, -0.2) is 28.3 Å². The van der Waals surface area contributed by atoms with Crippen LogP contribution >= 0.6 is 0 Å². The number of hydrogen-bond donors (Lipinski definition) is 2.